The van der Waals surface area contributed by atoms with Gasteiger partial charge in [-0.05, 0) is 45.7 Å². The molecule has 0 spiro atoms. The summed E-state index contributed by atoms with van der Waals surface area (Å²) < 4.78 is 0. The number of rotatable bonds is 9. The van der Waals surface area contributed by atoms with Gasteiger partial charge in [-0.15, -0.1) is 0 Å². The molecular weight excluding hydrogens is 677 g/mol. The summed E-state index contributed by atoms with van der Waals surface area (Å²) in [6.07, 6.45) is 0. The standard InChI is InChI=1S/C32H30P2Si.C6H5.2CH3.Pd/c1-6-16-28(17-7-1)33-26-35(31-22-12-4-13-23-31,32-24-14-5-15-25-32)27-34(29-18-8-2-9-19-29)30-20-10-3-11-21-30;1-2-4-6-5-3-1;;;/h1-25,33H,26-27H2;1-5H;2*1H3;/q;3*-1;/p+1. The Hall–Kier alpha value is -2.94. The van der Waals surface area contributed by atoms with Crippen LogP contribution in [-0.4, -0.2) is 19.6 Å². The fourth-order valence-electron chi connectivity index (χ4n) is 5.25. The molecule has 0 nitrogen and oxygen atoms in total. The first-order valence-electron chi connectivity index (χ1n) is 14.1. The van der Waals surface area contributed by atoms with E-state index in [9.17, 15) is 0 Å². The van der Waals surface area contributed by atoms with Crippen LogP contribution in [0.4, 0.5) is 0 Å². The van der Waals surface area contributed by atoms with Gasteiger partial charge in [0.1, 0.15) is 0 Å². The maximum Gasteiger partial charge on any atom is 0.164 e. The minimum atomic E-state index is -2.10. The first kappa shape index (κ1) is 37.2. The zero-order valence-corrected chi connectivity index (χ0v) is 30.1. The van der Waals surface area contributed by atoms with E-state index < -0.39 is 16.0 Å². The maximum absolute atomic E-state index is 2.89. The van der Waals surface area contributed by atoms with Crippen LogP contribution in [0, 0.1) is 20.9 Å². The number of benzene rings is 6. The predicted molar refractivity (Wildman–Crippen MR) is 201 cm³/mol. The van der Waals surface area contributed by atoms with E-state index in [0.717, 1.165) is 8.58 Å². The Morgan fingerprint density at radius 2 is 0.841 bits per heavy atom. The quantitative estimate of drug-likeness (QED) is 0.0822. The molecule has 0 amide bonds. The molecule has 0 fully saturated rings. The molecule has 0 aliphatic heterocycles. The minimum Gasteiger partial charge on any atom is -0.358 e. The summed E-state index contributed by atoms with van der Waals surface area (Å²) in [5, 5.41) is 7.60. The Balaban J connectivity index is 0.000000674. The van der Waals surface area contributed by atoms with Crippen LogP contribution in [0.3, 0.4) is 0 Å². The van der Waals surface area contributed by atoms with Crippen molar-refractivity contribution < 1.29 is 20.4 Å². The third-order valence-electron chi connectivity index (χ3n) is 7.35. The van der Waals surface area contributed by atoms with Crippen molar-refractivity contribution in [2.75, 3.05) is 11.6 Å². The fourth-order valence-corrected chi connectivity index (χ4v) is 20.2. The van der Waals surface area contributed by atoms with Gasteiger partial charge in [-0.2, -0.15) is 36.4 Å². The Morgan fingerprint density at radius 3 is 1.20 bits per heavy atom. The molecule has 0 bridgehead atoms. The second-order valence-electron chi connectivity index (χ2n) is 10.00. The summed E-state index contributed by atoms with van der Waals surface area (Å²) in [6, 6.07) is 69.0. The maximum atomic E-state index is 2.89. The van der Waals surface area contributed by atoms with Gasteiger partial charge in [-0.1, -0.05) is 136 Å². The molecule has 6 aromatic rings. The second kappa shape index (κ2) is 20.2. The van der Waals surface area contributed by atoms with Gasteiger partial charge in [0, 0.05) is 20.4 Å². The van der Waals surface area contributed by atoms with Gasteiger partial charge in [0.2, 0.25) is 0 Å². The van der Waals surface area contributed by atoms with Gasteiger partial charge in [0.25, 0.3) is 0 Å². The Labute approximate surface area is 284 Å². The molecule has 6 rings (SSSR count). The van der Waals surface area contributed by atoms with Crippen LogP contribution < -0.4 is 26.3 Å². The van der Waals surface area contributed by atoms with E-state index in [-0.39, 0.29) is 35.3 Å². The summed E-state index contributed by atoms with van der Waals surface area (Å²) >= 11 is 0. The van der Waals surface area contributed by atoms with Crippen molar-refractivity contribution >= 4 is 50.9 Å². The van der Waals surface area contributed by atoms with E-state index in [4.69, 9.17) is 0 Å². The summed E-state index contributed by atoms with van der Waals surface area (Å²) in [5.74, 6) is 2.48. The van der Waals surface area contributed by atoms with E-state index in [1.165, 1.54) is 27.5 Å². The summed E-state index contributed by atoms with van der Waals surface area (Å²) in [5.41, 5.74) is 0. The molecule has 0 saturated heterocycles. The van der Waals surface area contributed by atoms with E-state index in [0.29, 0.717) is 0 Å². The van der Waals surface area contributed by atoms with Gasteiger partial charge in [-0.25, -0.2) is 0 Å². The van der Waals surface area contributed by atoms with Crippen molar-refractivity contribution in [1.82, 2.24) is 0 Å². The van der Waals surface area contributed by atoms with E-state index in [2.05, 4.69) is 158 Å². The van der Waals surface area contributed by atoms with Crippen molar-refractivity contribution in [2.45, 2.75) is 0 Å². The van der Waals surface area contributed by atoms with Gasteiger partial charge in [-0.3, -0.25) is 0 Å². The Morgan fingerprint density at radius 1 is 0.477 bits per heavy atom. The molecule has 44 heavy (non-hydrogen) atoms. The molecule has 0 heterocycles. The minimum absolute atomic E-state index is 0. The Kier molecular flexibility index (Phi) is 17.1. The third kappa shape index (κ3) is 10.3. The predicted octanol–water partition coefficient (Wildman–Crippen LogP) is 7.58. The molecule has 0 aliphatic carbocycles. The van der Waals surface area contributed by atoms with Gasteiger partial charge in [0.05, 0.1) is 24.3 Å². The van der Waals surface area contributed by atoms with Crippen LogP contribution in [0.5, 0.6) is 0 Å². The van der Waals surface area contributed by atoms with Crippen LogP contribution in [0.25, 0.3) is 0 Å². The van der Waals surface area contributed by atoms with Gasteiger partial charge >= 0.3 is 0 Å². The first-order valence-corrected chi connectivity index (χ1v) is 19.5. The molecule has 0 aromatic heterocycles. The number of hydrogen-bond donors (Lipinski definition) is 0. The van der Waals surface area contributed by atoms with Crippen molar-refractivity contribution in [3.8, 4) is 0 Å². The van der Waals surface area contributed by atoms with E-state index in [1.807, 2.05) is 30.3 Å². The average Bonchev–Trinajstić information content (AvgIpc) is 3.08. The van der Waals surface area contributed by atoms with Crippen LogP contribution in [0.15, 0.2) is 182 Å². The first-order chi connectivity index (χ1) is 20.4. The summed E-state index contributed by atoms with van der Waals surface area (Å²) in [6.45, 7) is 0. The van der Waals surface area contributed by atoms with Crippen LogP contribution in [0.1, 0.15) is 0 Å². The molecular formula is C40H42P2PdSi-2. The van der Waals surface area contributed by atoms with Crippen molar-refractivity contribution in [3.63, 3.8) is 0 Å². The Bertz CT molecular complexity index is 1430. The van der Waals surface area contributed by atoms with Gasteiger partial charge in [0.15, 0.2) is 8.07 Å². The molecule has 6 aromatic carbocycles. The molecule has 4 heteroatoms. The van der Waals surface area contributed by atoms with Crippen LogP contribution in [0.2, 0.25) is 0 Å². The molecule has 0 radical (unpaired) electrons. The van der Waals surface area contributed by atoms with Gasteiger partial charge < -0.3 is 14.9 Å². The topological polar surface area (TPSA) is 0 Å². The van der Waals surface area contributed by atoms with Crippen LogP contribution >= 0.6 is 16.5 Å². The molecule has 1 atom stereocenters. The zero-order valence-electron chi connectivity index (χ0n) is 25.6. The van der Waals surface area contributed by atoms with Crippen molar-refractivity contribution in [1.29, 1.82) is 0 Å². The third-order valence-corrected chi connectivity index (χ3v) is 20.0. The molecule has 1 unspecified atom stereocenters. The van der Waals surface area contributed by atoms with Crippen LogP contribution in [-0.2, 0) is 20.4 Å². The largest absolute Gasteiger partial charge is 0.358 e. The molecule has 228 valence electrons. The zero-order chi connectivity index (χ0) is 28.0. The molecule has 0 aliphatic rings. The fraction of sp³-hybridized carbons (Fsp3) is 0.0500. The average molecular weight is 719 g/mol. The monoisotopic (exact) mass is 718 g/mol. The van der Waals surface area contributed by atoms with E-state index >= 15 is 0 Å². The SMILES string of the molecule is [CH3-].[CH3-].[Pd].[c-]1ccccc1.c1ccc(PC[Si](C[PH+](c2ccccc2)c2ccccc2)(c2ccccc2)c2ccccc2)cc1. The molecule has 0 saturated carbocycles. The van der Waals surface area contributed by atoms with Crippen molar-refractivity contribution in [2.24, 2.45) is 0 Å². The summed E-state index contributed by atoms with van der Waals surface area (Å²) in [4.78, 5) is 0. The second-order valence-corrected chi connectivity index (χ2v) is 19.2. The molecule has 0 N–H and O–H groups in total. The van der Waals surface area contributed by atoms with E-state index in [1.54, 1.807) is 10.4 Å². The summed E-state index contributed by atoms with van der Waals surface area (Å²) in [7, 11) is -2.29. The smallest absolute Gasteiger partial charge is 0.164 e. The number of hydrogen-bond acceptors (Lipinski definition) is 0. The normalized spacial score (nSPS) is 10.5. The van der Waals surface area contributed by atoms with Crippen molar-refractivity contribution in [3.05, 3.63) is 203 Å².